The number of hydrogen-bond donors (Lipinski definition) is 1. The highest BCUT2D eigenvalue weighted by Gasteiger charge is 2.08. The summed E-state index contributed by atoms with van der Waals surface area (Å²) in [7, 11) is 2.06. The molecule has 1 heterocycles. The Morgan fingerprint density at radius 3 is 2.52 bits per heavy atom. The van der Waals surface area contributed by atoms with Gasteiger partial charge in [0.05, 0.1) is 11.0 Å². The fourth-order valence-corrected chi connectivity index (χ4v) is 3.27. The summed E-state index contributed by atoms with van der Waals surface area (Å²) in [5, 5.41) is 2.97. The van der Waals surface area contributed by atoms with Crippen molar-refractivity contribution in [3.63, 3.8) is 0 Å². The Morgan fingerprint density at radius 2 is 1.70 bits per heavy atom. The van der Waals surface area contributed by atoms with Crippen LogP contribution in [0.2, 0.25) is 0 Å². The molecule has 0 atom stereocenters. The third kappa shape index (κ3) is 3.75. The van der Waals surface area contributed by atoms with Crippen molar-refractivity contribution in [2.45, 2.75) is 12.8 Å². The zero-order valence-electron chi connectivity index (χ0n) is 15.2. The van der Waals surface area contributed by atoms with Crippen LogP contribution in [0.1, 0.15) is 21.7 Å². The Bertz CT molecular complexity index is 1080. The number of nitrogens with one attached hydrogen (secondary N) is 1. The van der Waals surface area contributed by atoms with E-state index >= 15 is 0 Å². The summed E-state index contributed by atoms with van der Waals surface area (Å²) in [5.41, 5.74) is 4.82. The van der Waals surface area contributed by atoms with E-state index in [1.807, 2.05) is 66.7 Å². The average Bonchev–Trinajstić information content (AvgIpc) is 3.03. The molecular weight excluding hydrogens is 334 g/mol. The minimum absolute atomic E-state index is 0.0944. The number of anilines is 1. The second-order valence-electron chi connectivity index (χ2n) is 6.60. The van der Waals surface area contributed by atoms with Gasteiger partial charge in [-0.3, -0.25) is 4.79 Å². The molecule has 4 aromatic rings. The standard InChI is InChI=1S/C23H21N3O/c1-26-21-13-6-5-12-20(21)25-22(26)15-14-17-8-7-11-19(16-17)24-23(27)18-9-3-2-4-10-18/h2-13,16H,14-15H2,1H3,(H,24,27). The molecule has 0 fully saturated rings. The minimum atomic E-state index is -0.0944. The van der Waals surface area contributed by atoms with Crippen LogP contribution in [-0.2, 0) is 19.9 Å². The Morgan fingerprint density at radius 1 is 0.926 bits per heavy atom. The highest BCUT2D eigenvalue weighted by atomic mass is 16.1. The number of carbonyl (C=O) groups is 1. The highest BCUT2D eigenvalue weighted by molar-refractivity contribution is 6.04. The van der Waals surface area contributed by atoms with Crippen molar-refractivity contribution in [3.8, 4) is 0 Å². The molecular formula is C23H21N3O. The first-order valence-corrected chi connectivity index (χ1v) is 9.06. The lowest BCUT2D eigenvalue weighted by Gasteiger charge is -2.08. The molecule has 0 unspecified atom stereocenters. The van der Waals surface area contributed by atoms with Gasteiger partial charge >= 0.3 is 0 Å². The maximum atomic E-state index is 12.3. The van der Waals surface area contributed by atoms with Crippen LogP contribution in [0.25, 0.3) is 11.0 Å². The van der Waals surface area contributed by atoms with Crippen LogP contribution in [0.15, 0.2) is 78.9 Å². The SMILES string of the molecule is Cn1c(CCc2cccc(NC(=O)c3ccccc3)c2)nc2ccccc21. The number of hydrogen-bond acceptors (Lipinski definition) is 2. The van der Waals surface area contributed by atoms with Crippen LogP contribution in [0, 0.1) is 0 Å². The molecule has 4 rings (SSSR count). The summed E-state index contributed by atoms with van der Waals surface area (Å²) < 4.78 is 2.15. The van der Waals surface area contributed by atoms with Crippen LogP contribution in [-0.4, -0.2) is 15.5 Å². The number of rotatable bonds is 5. The Labute approximate surface area is 158 Å². The molecule has 134 valence electrons. The van der Waals surface area contributed by atoms with Gasteiger partial charge in [-0.15, -0.1) is 0 Å². The number of carbonyl (C=O) groups excluding carboxylic acids is 1. The van der Waals surface area contributed by atoms with E-state index in [1.54, 1.807) is 0 Å². The quantitative estimate of drug-likeness (QED) is 0.568. The molecule has 4 nitrogen and oxygen atoms in total. The van der Waals surface area contributed by atoms with Crippen molar-refractivity contribution >= 4 is 22.6 Å². The van der Waals surface area contributed by atoms with Crippen molar-refractivity contribution in [1.82, 2.24) is 9.55 Å². The van der Waals surface area contributed by atoms with Crippen LogP contribution in [0.3, 0.4) is 0 Å². The zero-order valence-corrected chi connectivity index (χ0v) is 15.2. The second kappa shape index (κ2) is 7.46. The van der Waals surface area contributed by atoms with Crippen LogP contribution >= 0.6 is 0 Å². The molecule has 4 heteroatoms. The number of nitrogens with zero attached hydrogens (tertiary/aromatic N) is 2. The number of imidazole rings is 1. The molecule has 0 aliphatic carbocycles. The molecule has 27 heavy (non-hydrogen) atoms. The first-order chi connectivity index (χ1) is 13.2. The Balaban J connectivity index is 1.46. The Kier molecular flexibility index (Phi) is 4.71. The van der Waals surface area contributed by atoms with Gasteiger partial charge in [-0.2, -0.15) is 0 Å². The molecule has 0 spiro atoms. The summed E-state index contributed by atoms with van der Waals surface area (Å²) in [4.78, 5) is 17.1. The van der Waals surface area contributed by atoms with Gasteiger partial charge in [-0.25, -0.2) is 4.98 Å². The summed E-state index contributed by atoms with van der Waals surface area (Å²) >= 11 is 0. The molecule has 3 aromatic carbocycles. The zero-order chi connectivity index (χ0) is 18.6. The molecule has 0 saturated carbocycles. The number of aromatic nitrogens is 2. The third-order valence-electron chi connectivity index (χ3n) is 4.74. The highest BCUT2D eigenvalue weighted by Crippen LogP contribution is 2.17. The predicted molar refractivity (Wildman–Crippen MR) is 109 cm³/mol. The molecule has 0 radical (unpaired) electrons. The van der Waals surface area contributed by atoms with Crippen LogP contribution in [0.5, 0.6) is 0 Å². The number of amides is 1. The van der Waals surface area contributed by atoms with Gasteiger partial charge in [0.15, 0.2) is 0 Å². The van der Waals surface area contributed by atoms with E-state index in [0.29, 0.717) is 5.56 Å². The van der Waals surface area contributed by atoms with Crippen molar-refractivity contribution in [2.24, 2.45) is 7.05 Å². The number of para-hydroxylation sites is 2. The van der Waals surface area contributed by atoms with Gasteiger partial charge in [0.1, 0.15) is 5.82 Å². The van der Waals surface area contributed by atoms with E-state index in [9.17, 15) is 4.79 Å². The molecule has 1 aromatic heterocycles. The monoisotopic (exact) mass is 355 g/mol. The van der Waals surface area contributed by atoms with Crippen LogP contribution in [0.4, 0.5) is 5.69 Å². The first-order valence-electron chi connectivity index (χ1n) is 9.06. The van der Waals surface area contributed by atoms with Gasteiger partial charge in [-0.1, -0.05) is 42.5 Å². The summed E-state index contributed by atoms with van der Waals surface area (Å²) in [6.07, 6.45) is 1.72. The second-order valence-corrected chi connectivity index (χ2v) is 6.60. The topological polar surface area (TPSA) is 46.9 Å². The van der Waals surface area contributed by atoms with Crippen molar-refractivity contribution in [1.29, 1.82) is 0 Å². The van der Waals surface area contributed by atoms with E-state index in [-0.39, 0.29) is 5.91 Å². The lowest BCUT2D eigenvalue weighted by atomic mass is 10.1. The third-order valence-corrected chi connectivity index (χ3v) is 4.74. The van der Waals surface area contributed by atoms with E-state index in [4.69, 9.17) is 4.98 Å². The van der Waals surface area contributed by atoms with E-state index in [2.05, 4.69) is 29.1 Å². The van der Waals surface area contributed by atoms with Gasteiger partial charge in [0, 0.05) is 24.7 Å². The molecule has 0 aliphatic rings. The molecule has 1 N–H and O–H groups in total. The smallest absolute Gasteiger partial charge is 0.255 e. The fraction of sp³-hybridized carbons (Fsp3) is 0.130. The van der Waals surface area contributed by atoms with Crippen molar-refractivity contribution in [2.75, 3.05) is 5.32 Å². The van der Waals surface area contributed by atoms with E-state index in [0.717, 1.165) is 35.4 Å². The van der Waals surface area contributed by atoms with Gasteiger partial charge in [0.25, 0.3) is 5.91 Å². The summed E-state index contributed by atoms with van der Waals surface area (Å²) in [5.74, 6) is 0.970. The minimum Gasteiger partial charge on any atom is -0.331 e. The van der Waals surface area contributed by atoms with Gasteiger partial charge in [0.2, 0.25) is 0 Å². The molecule has 1 amide bonds. The van der Waals surface area contributed by atoms with Crippen molar-refractivity contribution < 1.29 is 4.79 Å². The number of fused-ring (bicyclic) bond motifs is 1. The number of aryl methyl sites for hydroxylation is 3. The molecule has 0 bridgehead atoms. The van der Waals surface area contributed by atoms with Crippen LogP contribution < -0.4 is 5.32 Å². The number of benzene rings is 3. The first kappa shape index (κ1) is 17.0. The summed E-state index contributed by atoms with van der Waals surface area (Å²) in [6, 6.07) is 25.4. The lowest BCUT2D eigenvalue weighted by molar-refractivity contribution is 0.102. The molecule has 0 aliphatic heterocycles. The predicted octanol–water partition coefficient (Wildman–Crippen LogP) is 4.61. The fourth-order valence-electron chi connectivity index (χ4n) is 3.27. The maximum absolute atomic E-state index is 12.3. The van der Waals surface area contributed by atoms with Gasteiger partial charge < -0.3 is 9.88 Å². The summed E-state index contributed by atoms with van der Waals surface area (Å²) in [6.45, 7) is 0. The van der Waals surface area contributed by atoms with Crippen molar-refractivity contribution in [3.05, 3.63) is 95.8 Å². The Hall–Kier alpha value is -3.40. The normalized spacial score (nSPS) is 10.9. The van der Waals surface area contributed by atoms with E-state index < -0.39 is 0 Å². The average molecular weight is 355 g/mol. The lowest BCUT2D eigenvalue weighted by Crippen LogP contribution is -2.11. The molecule has 0 saturated heterocycles. The maximum Gasteiger partial charge on any atom is 0.255 e. The largest absolute Gasteiger partial charge is 0.331 e. The van der Waals surface area contributed by atoms with E-state index in [1.165, 1.54) is 5.56 Å². The van der Waals surface area contributed by atoms with Gasteiger partial charge in [-0.05, 0) is 48.4 Å².